The molecule has 1 N–H and O–H groups in total. The maximum atomic E-state index is 12.4. The number of benzene rings is 1. The van der Waals surface area contributed by atoms with Crippen molar-refractivity contribution in [2.24, 2.45) is 0 Å². The number of aromatic nitrogens is 1. The number of quaternary nitrogens is 1. The lowest BCUT2D eigenvalue weighted by atomic mass is 10.1. The molecular formula is C18H23ClN3O2S+. The molecule has 2 heterocycles. The predicted molar refractivity (Wildman–Crippen MR) is 101 cm³/mol. The minimum atomic E-state index is 0.162. The summed E-state index contributed by atoms with van der Waals surface area (Å²) >= 11 is 8.07. The van der Waals surface area contributed by atoms with Crippen molar-refractivity contribution in [3.63, 3.8) is 0 Å². The highest BCUT2D eigenvalue weighted by Crippen LogP contribution is 2.24. The lowest BCUT2D eigenvalue weighted by molar-refractivity contribution is -0.885. The fourth-order valence-electron chi connectivity index (χ4n) is 2.99. The van der Waals surface area contributed by atoms with E-state index in [2.05, 4.69) is 23.2 Å². The second-order valence-electron chi connectivity index (χ2n) is 6.30. The van der Waals surface area contributed by atoms with Gasteiger partial charge in [0.05, 0.1) is 25.8 Å². The zero-order valence-electron chi connectivity index (χ0n) is 14.5. The van der Waals surface area contributed by atoms with Crippen molar-refractivity contribution in [1.82, 2.24) is 9.88 Å². The van der Waals surface area contributed by atoms with Gasteiger partial charge in [0, 0.05) is 28.9 Å². The maximum Gasteiger partial charge on any atom is 0.277 e. The zero-order chi connectivity index (χ0) is 17.8. The second kappa shape index (κ2) is 8.36. The molecule has 134 valence electrons. The number of fused-ring (bicyclic) bond motifs is 1. The minimum Gasteiger partial charge on any atom is -0.378 e. The molecule has 1 unspecified atom stereocenters. The molecule has 1 atom stereocenters. The molecule has 3 rings (SSSR count). The van der Waals surface area contributed by atoms with E-state index in [0.29, 0.717) is 44.5 Å². The van der Waals surface area contributed by atoms with Crippen molar-refractivity contribution in [1.29, 1.82) is 0 Å². The summed E-state index contributed by atoms with van der Waals surface area (Å²) in [5, 5.41) is 1.59. The van der Waals surface area contributed by atoms with Crippen LogP contribution in [-0.4, -0.2) is 61.9 Å². The molecule has 1 amide bonds. The van der Waals surface area contributed by atoms with Gasteiger partial charge >= 0.3 is 0 Å². The minimum absolute atomic E-state index is 0.162. The van der Waals surface area contributed by atoms with Crippen LogP contribution in [0.3, 0.4) is 0 Å². The van der Waals surface area contributed by atoms with E-state index in [0.717, 1.165) is 21.4 Å². The monoisotopic (exact) mass is 380 g/mol. The summed E-state index contributed by atoms with van der Waals surface area (Å²) in [5.74, 6) is 0.162. The first kappa shape index (κ1) is 18.5. The number of carbonyl (C=O) groups is 1. The van der Waals surface area contributed by atoms with Crippen molar-refractivity contribution in [2.75, 3.05) is 46.2 Å². The fourth-order valence-corrected chi connectivity index (χ4v) is 3.63. The number of nitrogens with one attached hydrogen (secondary N) is 1. The summed E-state index contributed by atoms with van der Waals surface area (Å²) in [7, 11) is 2.01. The van der Waals surface area contributed by atoms with Crippen molar-refractivity contribution >= 4 is 40.2 Å². The molecular weight excluding hydrogens is 358 g/mol. The molecule has 1 fully saturated rings. The number of halogens is 1. The zero-order valence-corrected chi connectivity index (χ0v) is 16.1. The highest BCUT2D eigenvalue weighted by Gasteiger charge is 2.21. The Bertz CT molecular complexity index is 765. The van der Waals surface area contributed by atoms with Gasteiger partial charge in [0.1, 0.15) is 11.7 Å². The number of carbonyl (C=O) groups excluding carboxylic acids is 1. The van der Waals surface area contributed by atoms with Crippen LogP contribution < -0.4 is 4.90 Å². The normalized spacial score (nSPS) is 16.2. The van der Waals surface area contributed by atoms with Crippen LogP contribution in [0.2, 0.25) is 5.15 Å². The van der Waals surface area contributed by atoms with Gasteiger partial charge in [-0.25, -0.2) is 4.98 Å². The maximum absolute atomic E-state index is 12.4. The third-order valence-electron chi connectivity index (χ3n) is 4.36. The van der Waals surface area contributed by atoms with E-state index in [9.17, 15) is 4.79 Å². The van der Waals surface area contributed by atoms with Crippen molar-refractivity contribution in [2.45, 2.75) is 11.4 Å². The Hall–Kier alpha value is -1.34. The number of nitrogens with zero attached hydrogens (tertiary/aromatic N) is 2. The Morgan fingerprint density at radius 1 is 1.36 bits per heavy atom. The van der Waals surface area contributed by atoms with Crippen molar-refractivity contribution in [3.8, 4) is 0 Å². The molecule has 0 radical (unpaired) electrons. The summed E-state index contributed by atoms with van der Waals surface area (Å²) in [6.07, 6.45) is 2.04. The van der Waals surface area contributed by atoms with Crippen LogP contribution in [-0.2, 0) is 16.1 Å². The largest absolute Gasteiger partial charge is 0.378 e. The Labute approximate surface area is 157 Å². The molecule has 0 bridgehead atoms. The number of rotatable bonds is 5. The molecule has 1 saturated heterocycles. The molecule has 1 aromatic heterocycles. The lowest BCUT2D eigenvalue weighted by Crippen LogP contribution is -3.09. The molecule has 5 nitrogen and oxygen atoms in total. The summed E-state index contributed by atoms with van der Waals surface area (Å²) in [6, 6.07) is 8.29. The van der Waals surface area contributed by atoms with E-state index in [1.807, 2.05) is 24.3 Å². The third kappa shape index (κ3) is 4.64. The van der Waals surface area contributed by atoms with Crippen molar-refractivity contribution < 1.29 is 14.4 Å². The van der Waals surface area contributed by atoms with Crippen LogP contribution in [0.15, 0.2) is 29.2 Å². The van der Waals surface area contributed by atoms with Gasteiger partial charge in [0.15, 0.2) is 6.54 Å². The first-order chi connectivity index (χ1) is 12.1. The molecule has 0 spiro atoms. The quantitative estimate of drug-likeness (QED) is 0.630. The van der Waals surface area contributed by atoms with Gasteiger partial charge < -0.3 is 14.5 Å². The highest BCUT2D eigenvalue weighted by atomic mass is 35.5. The molecule has 0 aliphatic carbocycles. The highest BCUT2D eigenvalue weighted by molar-refractivity contribution is 7.98. The van der Waals surface area contributed by atoms with E-state index in [-0.39, 0.29) is 5.91 Å². The number of hydrogen-bond donors (Lipinski definition) is 1. The van der Waals surface area contributed by atoms with Gasteiger partial charge in [-0.15, -0.1) is 11.8 Å². The predicted octanol–water partition coefficient (Wildman–Crippen LogP) is 1.48. The number of thioether (sulfide) groups is 1. The SMILES string of the molecule is CSc1ccc2cc(C[NH+](C)CC(=O)N3CCOCC3)c(Cl)nc2c1. The molecule has 1 aromatic carbocycles. The number of amides is 1. The standard InChI is InChI=1S/C18H22ClN3O2S/c1-21(12-17(23)22-5-7-24-8-6-22)11-14-9-13-3-4-15(25-2)10-16(13)20-18(14)19/h3-4,9-10H,5-8,11-12H2,1-2H3/p+1. The van der Waals surface area contributed by atoms with E-state index in [4.69, 9.17) is 16.3 Å². The Morgan fingerprint density at radius 2 is 2.12 bits per heavy atom. The third-order valence-corrected chi connectivity index (χ3v) is 5.41. The van der Waals surface area contributed by atoms with Gasteiger partial charge in [-0.1, -0.05) is 17.7 Å². The fraction of sp³-hybridized carbons (Fsp3) is 0.444. The molecule has 25 heavy (non-hydrogen) atoms. The van der Waals surface area contributed by atoms with E-state index in [1.54, 1.807) is 11.8 Å². The first-order valence-corrected chi connectivity index (χ1v) is 9.97. The Balaban J connectivity index is 1.68. The Kier molecular flexibility index (Phi) is 6.17. The van der Waals surface area contributed by atoms with Gasteiger partial charge in [-0.05, 0) is 24.5 Å². The number of likely N-dealkylation sites (N-methyl/N-ethyl adjacent to an activating group) is 1. The summed E-state index contributed by atoms with van der Waals surface area (Å²) in [6.45, 7) is 3.73. The van der Waals surface area contributed by atoms with Gasteiger partial charge in [0.2, 0.25) is 0 Å². The summed E-state index contributed by atoms with van der Waals surface area (Å²) in [4.78, 5) is 21.0. The van der Waals surface area contributed by atoms with Crippen LogP contribution in [0.4, 0.5) is 0 Å². The van der Waals surface area contributed by atoms with Gasteiger partial charge in [0.25, 0.3) is 5.91 Å². The average molecular weight is 381 g/mol. The summed E-state index contributed by atoms with van der Waals surface area (Å²) < 4.78 is 5.30. The van der Waals surface area contributed by atoms with E-state index in [1.165, 1.54) is 4.90 Å². The lowest BCUT2D eigenvalue weighted by Gasteiger charge is -2.27. The van der Waals surface area contributed by atoms with Crippen LogP contribution in [0.1, 0.15) is 5.56 Å². The molecule has 1 aliphatic rings. The van der Waals surface area contributed by atoms with Crippen LogP contribution in [0.5, 0.6) is 0 Å². The number of pyridine rings is 1. The van der Waals surface area contributed by atoms with E-state index >= 15 is 0 Å². The Morgan fingerprint density at radius 3 is 2.84 bits per heavy atom. The number of ether oxygens (including phenoxy) is 1. The average Bonchev–Trinajstić information content (AvgIpc) is 2.62. The topological polar surface area (TPSA) is 46.9 Å². The van der Waals surface area contributed by atoms with Crippen LogP contribution in [0.25, 0.3) is 10.9 Å². The molecule has 1 aliphatic heterocycles. The van der Waals surface area contributed by atoms with E-state index < -0.39 is 0 Å². The number of morpholine rings is 1. The van der Waals surface area contributed by atoms with Gasteiger partial charge in [-0.2, -0.15) is 0 Å². The second-order valence-corrected chi connectivity index (χ2v) is 7.54. The van der Waals surface area contributed by atoms with Gasteiger partial charge in [-0.3, -0.25) is 4.79 Å². The van der Waals surface area contributed by atoms with Crippen LogP contribution >= 0.6 is 23.4 Å². The number of hydrogen-bond acceptors (Lipinski definition) is 4. The van der Waals surface area contributed by atoms with Crippen LogP contribution in [0, 0.1) is 0 Å². The first-order valence-electron chi connectivity index (χ1n) is 8.37. The smallest absolute Gasteiger partial charge is 0.277 e. The van der Waals surface area contributed by atoms with Crippen molar-refractivity contribution in [3.05, 3.63) is 35.0 Å². The molecule has 2 aromatic rings. The molecule has 0 saturated carbocycles. The molecule has 7 heteroatoms. The summed E-state index contributed by atoms with van der Waals surface area (Å²) in [5.41, 5.74) is 1.88.